The lowest BCUT2D eigenvalue weighted by Crippen LogP contribution is -2.37. The van der Waals surface area contributed by atoms with Crippen LogP contribution in [0.15, 0.2) is 12.1 Å². The van der Waals surface area contributed by atoms with E-state index in [2.05, 4.69) is 4.90 Å². The fraction of sp³-hybridized carbons (Fsp3) is 0.571. The maximum absolute atomic E-state index is 11.1. The van der Waals surface area contributed by atoms with Gasteiger partial charge in [-0.2, -0.15) is 0 Å². The maximum atomic E-state index is 11.1. The number of piperidine rings is 1. The summed E-state index contributed by atoms with van der Waals surface area (Å²) in [6.45, 7) is 2.51. The zero-order valence-corrected chi connectivity index (χ0v) is 11.7. The van der Waals surface area contributed by atoms with Crippen LogP contribution in [0.3, 0.4) is 0 Å². The molecule has 1 saturated heterocycles. The van der Waals surface area contributed by atoms with Crippen molar-refractivity contribution in [3.8, 4) is 5.75 Å². The monoisotopic (exact) mass is 294 g/mol. The number of β-amino-alcohol motifs (C(OH)–C–C–N with tert-alkyl or cyclic N) is 1. The molecule has 7 heteroatoms. The average Bonchev–Trinajstić information content (AvgIpc) is 2.47. The van der Waals surface area contributed by atoms with Gasteiger partial charge < -0.3 is 14.6 Å². The molecule has 2 aliphatic heterocycles. The second kappa shape index (κ2) is 5.97. The van der Waals surface area contributed by atoms with E-state index in [9.17, 15) is 15.2 Å². The number of nitro benzene ring substituents is 1. The van der Waals surface area contributed by atoms with Crippen LogP contribution in [0.5, 0.6) is 5.75 Å². The third-order valence-corrected chi connectivity index (χ3v) is 3.86. The first-order valence-corrected chi connectivity index (χ1v) is 7.04. The second-order valence-corrected chi connectivity index (χ2v) is 5.49. The molecule has 0 spiro atoms. The minimum absolute atomic E-state index is 0.0513. The van der Waals surface area contributed by atoms with Crippen molar-refractivity contribution in [2.45, 2.75) is 32.1 Å². The number of rotatable bonds is 3. The van der Waals surface area contributed by atoms with E-state index in [1.54, 1.807) is 6.07 Å². The number of aliphatic hydroxyl groups excluding tert-OH is 1. The van der Waals surface area contributed by atoms with E-state index in [1.807, 2.05) is 0 Å². The summed E-state index contributed by atoms with van der Waals surface area (Å²) in [7, 11) is 0. The highest BCUT2D eigenvalue weighted by molar-refractivity contribution is 5.50. The van der Waals surface area contributed by atoms with Crippen LogP contribution in [0.4, 0.5) is 5.69 Å². The molecule has 0 radical (unpaired) electrons. The van der Waals surface area contributed by atoms with Gasteiger partial charge in [0.1, 0.15) is 5.75 Å². The van der Waals surface area contributed by atoms with Crippen molar-refractivity contribution in [1.29, 1.82) is 0 Å². The summed E-state index contributed by atoms with van der Waals surface area (Å²) in [5.41, 5.74) is 1.55. The Hall–Kier alpha value is -1.70. The molecule has 2 heterocycles. The van der Waals surface area contributed by atoms with Crippen LogP contribution in [0.25, 0.3) is 0 Å². The van der Waals surface area contributed by atoms with Gasteiger partial charge in [-0.1, -0.05) is 0 Å². The first-order valence-electron chi connectivity index (χ1n) is 7.04. The third-order valence-electron chi connectivity index (χ3n) is 3.86. The Balaban J connectivity index is 1.88. The van der Waals surface area contributed by atoms with E-state index in [1.165, 1.54) is 6.07 Å². The summed E-state index contributed by atoms with van der Waals surface area (Å²) in [6, 6.07) is 3.06. The van der Waals surface area contributed by atoms with Gasteiger partial charge in [0, 0.05) is 36.3 Å². The molecule has 1 aromatic carbocycles. The summed E-state index contributed by atoms with van der Waals surface area (Å²) >= 11 is 0. The number of fused-ring (bicyclic) bond motifs is 1. The van der Waals surface area contributed by atoms with Crippen molar-refractivity contribution < 1.29 is 19.5 Å². The van der Waals surface area contributed by atoms with Gasteiger partial charge in [-0.3, -0.25) is 15.0 Å². The lowest BCUT2D eigenvalue weighted by Gasteiger charge is -2.31. The number of likely N-dealkylation sites (tertiary alicyclic amines) is 1. The number of aliphatic hydroxyl groups is 1. The molecule has 0 saturated carbocycles. The maximum Gasteiger partial charge on any atom is 0.270 e. The van der Waals surface area contributed by atoms with Gasteiger partial charge in [0.25, 0.3) is 5.69 Å². The molecule has 21 heavy (non-hydrogen) atoms. The molecule has 0 unspecified atom stereocenters. The SMILES string of the molecule is O=[N+]([O-])c1cc2c(c(CN3CCC[C@H](O)C3)c1)OCOC2. The molecule has 0 bridgehead atoms. The standard InChI is InChI=1S/C14H18N2O5/c17-13-2-1-3-15(7-13)6-10-4-12(16(18)19)5-11-8-20-9-21-14(10)11/h4-5,13,17H,1-3,6-9H2/t13-/m0/s1. The fourth-order valence-electron chi connectivity index (χ4n) is 2.92. The first-order chi connectivity index (χ1) is 10.1. The van der Waals surface area contributed by atoms with Gasteiger partial charge in [0.15, 0.2) is 6.79 Å². The Morgan fingerprint density at radius 3 is 3.10 bits per heavy atom. The normalized spacial score (nSPS) is 22.4. The largest absolute Gasteiger partial charge is 0.467 e. The van der Waals surface area contributed by atoms with Crippen molar-refractivity contribution in [2.24, 2.45) is 0 Å². The van der Waals surface area contributed by atoms with E-state index in [4.69, 9.17) is 9.47 Å². The number of nitrogens with zero attached hydrogens (tertiary/aromatic N) is 2. The van der Waals surface area contributed by atoms with E-state index >= 15 is 0 Å². The zero-order chi connectivity index (χ0) is 14.8. The van der Waals surface area contributed by atoms with Crippen LogP contribution in [0.2, 0.25) is 0 Å². The van der Waals surface area contributed by atoms with Crippen LogP contribution >= 0.6 is 0 Å². The smallest absolute Gasteiger partial charge is 0.270 e. The summed E-state index contributed by atoms with van der Waals surface area (Å²) in [4.78, 5) is 12.8. The number of benzene rings is 1. The quantitative estimate of drug-likeness (QED) is 0.670. The second-order valence-electron chi connectivity index (χ2n) is 5.49. The van der Waals surface area contributed by atoms with Crippen LogP contribution in [0, 0.1) is 10.1 Å². The van der Waals surface area contributed by atoms with Crippen molar-refractivity contribution in [3.63, 3.8) is 0 Å². The lowest BCUT2D eigenvalue weighted by atomic mass is 10.0. The van der Waals surface area contributed by atoms with Crippen LogP contribution < -0.4 is 4.74 Å². The predicted molar refractivity (Wildman–Crippen MR) is 73.9 cm³/mol. The van der Waals surface area contributed by atoms with E-state index in [0.717, 1.165) is 24.9 Å². The topological polar surface area (TPSA) is 85.1 Å². The number of ether oxygens (including phenoxy) is 2. The molecule has 1 aromatic rings. The fourth-order valence-corrected chi connectivity index (χ4v) is 2.92. The van der Waals surface area contributed by atoms with Crippen LogP contribution in [-0.2, 0) is 17.9 Å². The van der Waals surface area contributed by atoms with Crippen LogP contribution in [0.1, 0.15) is 24.0 Å². The van der Waals surface area contributed by atoms with Crippen LogP contribution in [-0.4, -0.2) is 40.9 Å². The van der Waals surface area contributed by atoms with Crippen molar-refractivity contribution >= 4 is 5.69 Å². The summed E-state index contributed by atoms with van der Waals surface area (Å²) in [6.07, 6.45) is 1.42. The minimum atomic E-state index is -0.399. The van der Waals surface area contributed by atoms with Crippen molar-refractivity contribution in [3.05, 3.63) is 33.4 Å². The van der Waals surface area contributed by atoms with Gasteiger partial charge in [-0.25, -0.2) is 0 Å². The van der Waals surface area contributed by atoms with Gasteiger partial charge >= 0.3 is 0 Å². The number of non-ortho nitro benzene ring substituents is 1. The van der Waals surface area contributed by atoms with E-state index in [0.29, 0.717) is 31.0 Å². The molecular weight excluding hydrogens is 276 g/mol. The Labute approximate surface area is 122 Å². The van der Waals surface area contributed by atoms with E-state index < -0.39 is 4.92 Å². The molecule has 1 atom stereocenters. The Kier molecular flexibility index (Phi) is 4.05. The first kappa shape index (κ1) is 14.2. The van der Waals surface area contributed by atoms with Gasteiger partial charge in [-0.05, 0) is 19.4 Å². The highest BCUT2D eigenvalue weighted by atomic mass is 16.7. The molecule has 3 rings (SSSR count). The Morgan fingerprint density at radius 1 is 1.48 bits per heavy atom. The Bertz CT molecular complexity index is 548. The average molecular weight is 294 g/mol. The Morgan fingerprint density at radius 2 is 2.33 bits per heavy atom. The van der Waals surface area contributed by atoms with Crippen molar-refractivity contribution in [1.82, 2.24) is 4.90 Å². The van der Waals surface area contributed by atoms with Gasteiger partial charge in [0.05, 0.1) is 17.6 Å². The molecule has 0 amide bonds. The summed E-state index contributed by atoms with van der Waals surface area (Å²) in [5.74, 6) is 0.687. The molecular formula is C14H18N2O5. The molecule has 1 fully saturated rings. The minimum Gasteiger partial charge on any atom is -0.467 e. The van der Waals surface area contributed by atoms with Gasteiger partial charge in [0.2, 0.25) is 0 Å². The highest BCUT2D eigenvalue weighted by Gasteiger charge is 2.24. The highest BCUT2D eigenvalue weighted by Crippen LogP contribution is 2.33. The molecule has 114 valence electrons. The third kappa shape index (κ3) is 3.15. The summed E-state index contributed by atoms with van der Waals surface area (Å²) in [5, 5.41) is 20.8. The van der Waals surface area contributed by atoms with Gasteiger partial charge in [-0.15, -0.1) is 0 Å². The zero-order valence-electron chi connectivity index (χ0n) is 11.7. The molecule has 0 aliphatic carbocycles. The number of hydrogen-bond donors (Lipinski definition) is 1. The molecule has 7 nitrogen and oxygen atoms in total. The van der Waals surface area contributed by atoms with Crippen molar-refractivity contribution in [2.75, 3.05) is 19.9 Å². The molecule has 0 aromatic heterocycles. The number of hydrogen-bond acceptors (Lipinski definition) is 6. The van der Waals surface area contributed by atoms with E-state index in [-0.39, 0.29) is 18.6 Å². The predicted octanol–water partition coefficient (Wildman–Crippen LogP) is 1.42. The number of nitro groups is 1. The lowest BCUT2D eigenvalue weighted by molar-refractivity contribution is -0.385. The summed E-state index contributed by atoms with van der Waals surface area (Å²) < 4.78 is 10.7. The molecule has 1 N–H and O–H groups in total. The molecule has 2 aliphatic rings.